The Balaban J connectivity index is 1.47. The highest BCUT2D eigenvalue weighted by molar-refractivity contribution is 7.21. The maximum atomic E-state index is 13.7. The van der Waals surface area contributed by atoms with Gasteiger partial charge in [-0.15, -0.1) is 11.3 Å². The van der Waals surface area contributed by atoms with Crippen LogP contribution < -0.4 is 4.90 Å². The lowest BCUT2D eigenvalue weighted by molar-refractivity contribution is 0.0751. The van der Waals surface area contributed by atoms with Gasteiger partial charge < -0.3 is 14.4 Å². The smallest absolute Gasteiger partial charge is 0.266 e. The third-order valence-electron chi connectivity index (χ3n) is 6.50. The van der Waals surface area contributed by atoms with Gasteiger partial charge in [0.25, 0.3) is 5.91 Å². The molecule has 0 spiro atoms. The summed E-state index contributed by atoms with van der Waals surface area (Å²) in [6.45, 7) is 11.6. The fraction of sp³-hybridized carbons (Fsp3) is 0.308. The average Bonchev–Trinajstić information content (AvgIpc) is 3.43. The largest absolute Gasteiger partial charge is 0.368 e. The lowest BCUT2D eigenvalue weighted by Gasteiger charge is -2.37. The number of hydrogen-bond donors (Lipinski definition) is 0. The number of nitrogens with zero attached hydrogens (tertiary/aromatic N) is 4. The zero-order valence-corrected chi connectivity index (χ0v) is 19.9. The molecule has 1 amide bonds. The van der Waals surface area contributed by atoms with Crippen molar-refractivity contribution >= 4 is 33.1 Å². The number of pyridine rings is 1. The number of aryl methyl sites for hydroxylation is 3. The molecule has 1 aliphatic rings. The molecule has 0 atom stereocenters. The summed E-state index contributed by atoms with van der Waals surface area (Å²) in [5.41, 5.74) is 7.01. The molecule has 6 heteroatoms. The van der Waals surface area contributed by atoms with Crippen molar-refractivity contribution in [3.63, 3.8) is 0 Å². The molecular formula is C26H28N4OS. The van der Waals surface area contributed by atoms with E-state index in [4.69, 9.17) is 4.98 Å². The van der Waals surface area contributed by atoms with E-state index < -0.39 is 0 Å². The number of carbonyl (C=O) groups is 1. The molecule has 4 heterocycles. The molecule has 164 valence electrons. The van der Waals surface area contributed by atoms with E-state index >= 15 is 0 Å². The molecule has 32 heavy (non-hydrogen) atoms. The molecular weight excluding hydrogens is 416 g/mol. The summed E-state index contributed by atoms with van der Waals surface area (Å²) in [4.78, 5) is 24.6. The molecule has 1 fully saturated rings. The van der Waals surface area contributed by atoms with Crippen molar-refractivity contribution in [2.24, 2.45) is 0 Å². The first-order valence-electron chi connectivity index (χ1n) is 11.1. The summed E-state index contributed by atoms with van der Waals surface area (Å²) in [6.07, 6.45) is 4.02. The van der Waals surface area contributed by atoms with Gasteiger partial charge >= 0.3 is 0 Å². The number of fused-ring (bicyclic) bond motifs is 1. The van der Waals surface area contributed by atoms with Gasteiger partial charge in [0.15, 0.2) is 0 Å². The van der Waals surface area contributed by atoms with Crippen LogP contribution in [0.2, 0.25) is 0 Å². The topological polar surface area (TPSA) is 41.4 Å². The standard InChI is InChI=1S/C26H28N4OS/c1-17-8-7-9-21(20(17)4)28-12-14-30(15-13-28)26(31)24-23(29-10-5-6-11-29)22-18(2)16-19(3)27-25(22)32-24/h5-11,16H,12-15H2,1-4H3. The van der Waals surface area contributed by atoms with Gasteiger partial charge in [-0.3, -0.25) is 4.79 Å². The number of anilines is 1. The van der Waals surface area contributed by atoms with Crippen LogP contribution in [0.3, 0.4) is 0 Å². The normalized spacial score (nSPS) is 14.4. The molecule has 5 rings (SSSR count). The van der Waals surface area contributed by atoms with Crippen molar-refractivity contribution in [2.75, 3.05) is 31.1 Å². The highest BCUT2D eigenvalue weighted by atomic mass is 32.1. The van der Waals surface area contributed by atoms with Gasteiger partial charge in [-0.25, -0.2) is 4.98 Å². The van der Waals surface area contributed by atoms with Crippen molar-refractivity contribution < 1.29 is 4.79 Å². The van der Waals surface area contributed by atoms with Crippen LogP contribution >= 0.6 is 11.3 Å². The number of rotatable bonds is 3. The molecule has 0 radical (unpaired) electrons. The predicted molar refractivity (Wildman–Crippen MR) is 132 cm³/mol. The Morgan fingerprint density at radius 2 is 1.66 bits per heavy atom. The molecule has 1 aromatic carbocycles. The Labute approximate surface area is 192 Å². The summed E-state index contributed by atoms with van der Waals surface area (Å²) in [5, 5.41) is 1.08. The van der Waals surface area contributed by atoms with E-state index in [1.807, 2.05) is 36.4 Å². The zero-order chi connectivity index (χ0) is 22.4. The molecule has 1 aliphatic heterocycles. The second-order valence-electron chi connectivity index (χ2n) is 8.63. The molecule has 0 N–H and O–H groups in total. The monoisotopic (exact) mass is 444 g/mol. The Morgan fingerprint density at radius 1 is 0.938 bits per heavy atom. The summed E-state index contributed by atoms with van der Waals surface area (Å²) in [5.74, 6) is 0.106. The van der Waals surface area contributed by atoms with E-state index in [0.717, 1.165) is 58.2 Å². The summed E-state index contributed by atoms with van der Waals surface area (Å²) in [6, 6.07) is 12.6. The van der Waals surface area contributed by atoms with Crippen LogP contribution in [0.25, 0.3) is 15.9 Å². The lowest BCUT2D eigenvalue weighted by atomic mass is 10.1. The van der Waals surface area contributed by atoms with Gasteiger partial charge in [-0.2, -0.15) is 0 Å². The fourth-order valence-corrected chi connectivity index (χ4v) is 5.93. The van der Waals surface area contributed by atoms with Crippen LogP contribution in [0.15, 0.2) is 48.8 Å². The Kier molecular flexibility index (Phi) is 5.25. The van der Waals surface area contributed by atoms with Crippen LogP contribution in [-0.4, -0.2) is 46.5 Å². The second-order valence-corrected chi connectivity index (χ2v) is 9.63. The summed E-state index contributed by atoms with van der Waals surface area (Å²) in [7, 11) is 0. The molecule has 0 bridgehead atoms. The summed E-state index contributed by atoms with van der Waals surface area (Å²) >= 11 is 1.52. The minimum atomic E-state index is 0.106. The SMILES string of the molecule is Cc1cc(C)c2c(-n3cccc3)c(C(=O)N3CCN(c4cccc(C)c4C)CC3)sc2n1. The first-order chi connectivity index (χ1) is 15.4. The van der Waals surface area contributed by atoms with Gasteiger partial charge in [0, 0.05) is 55.3 Å². The van der Waals surface area contributed by atoms with E-state index in [-0.39, 0.29) is 5.91 Å². The fourth-order valence-electron chi connectivity index (χ4n) is 4.67. The minimum absolute atomic E-state index is 0.106. The van der Waals surface area contributed by atoms with Gasteiger partial charge in [-0.05, 0) is 68.7 Å². The van der Waals surface area contributed by atoms with Gasteiger partial charge in [0.2, 0.25) is 0 Å². The van der Waals surface area contributed by atoms with Crippen LogP contribution in [0.5, 0.6) is 0 Å². The zero-order valence-electron chi connectivity index (χ0n) is 19.1. The van der Waals surface area contributed by atoms with Crippen molar-refractivity contribution in [3.8, 4) is 5.69 Å². The van der Waals surface area contributed by atoms with E-state index in [1.54, 1.807) is 0 Å². The third kappa shape index (κ3) is 3.48. The molecule has 0 aliphatic carbocycles. The predicted octanol–water partition coefficient (Wildman–Crippen LogP) is 5.28. The molecule has 4 aromatic rings. The number of thiophene rings is 1. The maximum absolute atomic E-state index is 13.7. The minimum Gasteiger partial charge on any atom is -0.368 e. The third-order valence-corrected chi connectivity index (χ3v) is 7.56. The van der Waals surface area contributed by atoms with E-state index in [1.165, 1.54) is 28.2 Å². The van der Waals surface area contributed by atoms with Crippen LogP contribution in [0.1, 0.15) is 32.1 Å². The molecule has 0 saturated carbocycles. The van der Waals surface area contributed by atoms with Crippen molar-refractivity contribution in [1.29, 1.82) is 0 Å². The van der Waals surface area contributed by atoms with E-state index in [0.29, 0.717) is 0 Å². The average molecular weight is 445 g/mol. The number of carbonyl (C=O) groups excluding carboxylic acids is 1. The lowest BCUT2D eigenvalue weighted by Crippen LogP contribution is -2.49. The van der Waals surface area contributed by atoms with E-state index in [2.05, 4.69) is 54.5 Å². The second kappa shape index (κ2) is 8.10. The van der Waals surface area contributed by atoms with Gasteiger partial charge in [0.05, 0.1) is 5.69 Å². The van der Waals surface area contributed by atoms with Crippen LogP contribution in [0.4, 0.5) is 5.69 Å². The van der Waals surface area contributed by atoms with Crippen LogP contribution in [-0.2, 0) is 0 Å². The van der Waals surface area contributed by atoms with Crippen molar-refractivity contribution in [2.45, 2.75) is 27.7 Å². The number of piperazine rings is 1. The van der Waals surface area contributed by atoms with Crippen molar-refractivity contribution in [3.05, 3.63) is 76.1 Å². The van der Waals surface area contributed by atoms with E-state index in [9.17, 15) is 4.79 Å². The quantitative estimate of drug-likeness (QED) is 0.432. The highest BCUT2D eigenvalue weighted by Gasteiger charge is 2.28. The molecule has 1 saturated heterocycles. The summed E-state index contributed by atoms with van der Waals surface area (Å²) < 4.78 is 2.06. The Bertz CT molecular complexity index is 1300. The number of benzene rings is 1. The molecule has 5 nitrogen and oxygen atoms in total. The first-order valence-corrected chi connectivity index (χ1v) is 11.9. The van der Waals surface area contributed by atoms with Crippen molar-refractivity contribution in [1.82, 2.24) is 14.5 Å². The maximum Gasteiger partial charge on any atom is 0.266 e. The number of amides is 1. The molecule has 0 unspecified atom stereocenters. The number of aromatic nitrogens is 2. The Hall–Kier alpha value is -3.12. The van der Waals surface area contributed by atoms with Gasteiger partial charge in [-0.1, -0.05) is 12.1 Å². The van der Waals surface area contributed by atoms with Gasteiger partial charge in [0.1, 0.15) is 9.71 Å². The highest BCUT2D eigenvalue weighted by Crippen LogP contribution is 2.37. The van der Waals surface area contributed by atoms with Crippen LogP contribution in [0, 0.1) is 27.7 Å². The first kappa shape index (κ1) is 20.8. The molecule has 3 aromatic heterocycles. The number of hydrogen-bond acceptors (Lipinski definition) is 4. The Morgan fingerprint density at radius 3 is 2.38 bits per heavy atom.